The summed E-state index contributed by atoms with van der Waals surface area (Å²) in [6.07, 6.45) is 2.04. The summed E-state index contributed by atoms with van der Waals surface area (Å²) in [5.41, 5.74) is 0.565. The lowest BCUT2D eigenvalue weighted by atomic mass is 9.97. The Morgan fingerprint density at radius 1 is 1.44 bits per heavy atom. The molecule has 0 radical (unpaired) electrons. The molecule has 1 saturated heterocycles. The molecule has 1 atom stereocenters. The Balaban J connectivity index is 2.57. The van der Waals surface area contributed by atoms with Gasteiger partial charge in [-0.2, -0.15) is 0 Å². The fourth-order valence-corrected chi connectivity index (χ4v) is 3.16. The summed E-state index contributed by atoms with van der Waals surface area (Å²) < 4.78 is 23.3. The molecule has 2 rings (SSSR count). The van der Waals surface area contributed by atoms with Gasteiger partial charge in [0.25, 0.3) is 0 Å². The van der Waals surface area contributed by atoms with Crippen LogP contribution in [0.25, 0.3) is 0 Å². The van der Waals surface area contributed by atoms with Gasteiger partial charge in [0, 0.05) is 24.3 Å². The first-order valence-electron chi connectivity index (χ1n) is 5.23. The van der Waals surface area contributed by atoms with Crippen LogP contribution in [0, 0.1) is 0 Å². The maximum absolute atomic E-state index is 11.6. The number of hydrogen-bond donors (Lipinski definition) is 2. The summed E-state index contributed by atoms with van der Waals surface area (Å²) in [4.78, 5) is 0.251. The van der Waals surface area contributed by atoms with Crippen molar-refractivity contribution in [2.45, 2.75) is 17.2 Å². The highest BCUT2D eigenvalue weighted by Gasteiger charge is 2.26. The van der Waals surface area contributed by atoms with Crippen LogP contribution in [-0.2, 0) is 9.84 Å². The van der Waals surface area contributed by atoms with Crippen molar-refractivity contribution in [1.29, 1.82) is 0 Å². The van der Waals surface area contributed by atoms with Gasteiger partial charge >= 0.3 is 0 Å². The average Bonchev–Trinajstić information content (AvgIpc) is 2.68. The zero-order valence-electron chi connectivity index (χ0n) is 9.10. The first-order chi connectivity index (χ1) is 7.50. The number of nitrogens with one attached hydrogen (secondary N) is 1. The van der Waals surface area contributed by atoms with Gasteiger partial charge in [0.1, 0.15) is 5.75 Å². The monoisotopic (exact) mass is 241 g/mol. The maximum atomic E-state index is 11.6. The molecule has 0 spiro atoms. The van der Waals surface area contributed by atoms with Crippen molar-refractivity contribution in [3.8, 4) is 5.75 Å². The number of phenols is 1. The highest BCUT2D eigenvalue weighted by molar-refractivity contribution is 7.90. The van der Waals surface area contributed by atoms with Crippen molar-refractivity contribution in [3.05, 3.63) is 23.8 Å². The predicted molar refractivity (Wildman–Crippen MR) is 61.4 cm³/mol. The van der Waals surface area contributed by atoms with Gasteiger partial charge in [0.15, 0.2) is 9.84 Å². The van der Waals surface area contributed by atoms with E-state index in [0.29, 0.717) is 5.56 Å². The van der Waals surface area contributed by atoms with Crippen LogP contribution in [0.3, 0.4) is 0 Å². The van der Waals surface area contributed by atoms with Crippen molar-refractivity contribution in [2.75, 3.05) is 19.3 Å². The van der Waals surface area contributed by atoms with Crippen LogP contribution in [0.5, 0.6) is 5.75 Å². The highest BCUT2D eigenvalue weighted by Crippen LogP contribution is 2.35. The van der Waals surface area contributed by atoms with Gasteiger partial charge in [-0.15, -0.1) is 0 Å². The van der Waals surface area contributed by atoms with E-state index in [2.05, 4.69) is 5.32 Å². The van der Waals surface area contributed by atoms with Crippen molar-refractivity contribution < 1.29 is 13.5 Å². The van der Waals surface area contributed by atoms with Crippen molar-refractivity contribution in [3.63, 3.8) is 0 Å². The predicted octanol–water partition coefficient (Wildman–Crippen LogP) is 0.873. The smallest absolute Gasteiger partial charge is 0.175 e. The quantitative estimate of drug-likeness (QED) is 0.806. The largest absolute Gasteiger partial charge is 0.508 e. The van der Waals surface area contributed by atoms with Gasteiger partial charge in [-0.05, 0) is 25.1 Å². The van der Waals surface area contributed by atoms with Gasteiger partial charge < -0.3 is 10.4 Å². The summed E-state index contributed by atoms with van der Waals surface area (Å²) in [6.45, 7) is 1.59. The Kier molecular flexibility index (Phi) is 2.90. The van der Waals surface area contributed by atoms with E-state index in [-0.39, 0.29) is 16.6 Å². The normalized spacial score (nSPS) is 21.2. The lowest BCUT2D eigenvalue weighted by molar-refractivity contribution is 0.458. The first kappa shape index (κ1) is 11.4. The van der Waals surface area contributed by atoms with E-state index in [1.807, 2.05) is 0 Å². The van der Waals surface area contributed by atoms with Crippen LogP contribution in [0.2, 0.25) is 0 Å². The SMILES string of the molecule is CS(=O)(=O)c1cccc(O)c1C1CCNC1. The lowest BCUT2D eigenvalue weighted by Gasteiger charge is -2.15. The van der Waals surface area contributed by atoms with Crippen LogP contribution in [0.4, 0.5) is 0 Å². The number of rotatable bonds is 2. The highest BCUT2D eigenvalue weighted by atomic mass is 32.2. The molecule has 88 valence electrons. The Hall–Kier alpha value is -1.07. The number of phenolic OH excluding ortho intramolecular Hbond substituents is 1. The second-order valence-electron chi connectivity index (χ2n) is 4.15. The van der Waals surface area contributed by atoms with Gasteiger partial charge in [0.2, 0.25) is 0 Å². The second kappa shape index (κ2) is 4.07. The van der Waals surface area contributed by atoms with Crippen LogP contribution >= 0.6 is 0 Å². The zero-order valence-corrected chi connectivity index (χ0v) is 9.92. The summed E-state index contributed by atoms with van der Waals surface area (Å²) in [7, 11) is -3.28. The van der Waals surface area contributed by atoms with E-state index in [1.165, 1.54) is 6.26 Å². The molecule has 0 aromatic heterocycles. The van der Waals surface area contributed by atoms with E-state index < -0.39 is 9.84 Å². The van der Waals surface area contributed by atoms with Gasteiger partial charge in [-0.3, -0.25) is 0 Å². The Morgan fingerprint density at radius 3 is 2.75 bits per heavy atom. The molecule has 0 saturated carbocycles. The molecular formula is C11H15NO3S. The molecule has 16 heavy (non-hydrogen) atoms. The first-order valence-corrected chi connectivity index (χ1v) is 7.12. The third-order valence-electron chi connectivity index (χ3n) is 2.91. The summed E-state index contributed by atoms with van der Waals surface area (Å²) >= 11 is 0. The van der Waals surface area contributed by atoms with Crippen LogP contribution in [-0.4, -0.2) is 32.9 Å². The molecule has 1 unspecified atom stereocenters. The third kappa shape index (κ3) is 2.05. The van der Waals surface area contributed by atoms with Gasteiger partial charge in [0.05, 0.1) is 4.90 Å². The Bertz CT molecular complexity index is 490. The lowest BCUT2D eigenvalue weighted by Crippen LogP contribution is -2.11. The summed E-state index contributed by atoms with van der Waals surface area (Å²) in [6, 6.07) is 4.67. The topological polar surface area (TPSA) is 66.4 Å². The molecule has 1 fully saturated rings. The van der Waals surface area contributed by atoms with Gasteiger partial charge in [-0.25, -0.2) is 8.42 Å². The molecule has 1 aliphatic rings. The molecule has 1 aromatic carbocycles. The molecule has 1 aromatic rings. The fourth-order valence-electron chi connectivity index (χ4n) is 2.17. The van der Waals surface area contributed by atoms with Gasteiger partial charge in [-0.1, -0.05) is 6.07 Å². The maximum Gasteiger partial charge on any atom is 0.175 e. The molecule has 1 heterocycles. The van der Waals surface area contributed by atoms with E-state index in [9.17, 15) is 13.5 Å². The third-order valence-corrected chi connectivity index (χ3v) is 4.07. The molecule has 2 N–H and O–H groups in total. The molecular weight excluding hydrogens is 226 g/mol. The summed E-state index contributed by atoms with van der Waals surface area (Å²) in [5.74, 6) is 0.169. The van der Waals surface area contributed by atoms with Crippen LogP contribution in [0.1, 0.15) is 17.9 Å². The standard InChI is InChI=1S/C11H15NO3S/c1-16(14,15)10-4-2-3-9(13)11(10)8-5-6-12-7-8/h2-4,8,12-13H,5-7H2,1H3. The minimum absolute atomic E-state index is 0.0802. The van der Waals surface area contributed by atoms with Crippen molar-refractivity contribution >= 4 is 9.84 Å². The van der Waals surface area contributed by atoms with Crippen molar-refractivity contribution in [1.82, 2.24) is 5.32 Å². The average molecular weight is 241 g/mol. The van der Waals surface area contributed by atoms with E-state index in [0.717, 1.165) is 19.5 Å². The van der Waals surface area contributed by atoms with E-state index in [1.54, 1.807) is 18.2 Å². The molecule has 0 aliphatic carbocycles. The Morgan fingerprint density at radius 2 is 2.19 bits per heavy atom. The number of aromatic hydroxyl groups is 1. The number of benzene rings is 1. The minimum atomic E-state index is -3.28. The number of sulfone groups is 1. The second-order valence-corrected chi connectivity index (χ2v) is 6.13. The van der Waals surface area contributed by atoms with Crippen molar-refractivity contribution in [2.24, 2.45) is 0 Å². The molecule has 0 bridgehead atoms. The summed E-state index contributed by atoms with van der Waals surface area (Å²) in [5, 5.41) is 13.0. The van der Waals surface area contributed by atoms with E-state index >= 15 is 0 Å². The fraction of sp³-hybridized carbons (Fsp3) is 0.455. The number of hydrogen-bond acceptors (Lipinski definition) is 4. The molecule has 4 nitrogen and oxygen atoms in total. The minimum Gasteiger partial charge on any atom is -0.508 e. The van der Waals surface area contributed by atoms with Crippen LogP contribution in [0.15, 0.2) is 23.1 Å². The zero-order chi connectivity index (χ0) is 11.8. The molecule has 5 heteroatoms. The van der Waals surface area contributed by atoms with E-state index in [4.69, 9.17) is 0 Å². The molecule has 0 amide bonds. The molecule has 1 aliphatic heterocycles. The Labute approximate surface area is 95.2 Å². The van der Waals surface area contributed by atoms with Crippen LogP contribution < -0.4 is 5.32 Å².